The Morgan fingerprint density at radius 3 is 2.73 bits per heavy atom. The largest absolute Gasteiger partial charge is 0.340 e. The van der Waals surface area contributed by atoms with E-state index in [1.807, 2.05) is 12.1 Å². The number of nitrogens with zero attached hydrogens (tertiary/aromatic N) is 2. The van der Waals surface area contributed by atoms with Gasteiger partial charge in [0.2, 0.25) is 5.91 Å². The normalized spacial score (nSPS) is 31.7. The summed E-state index contributed by atoms with van der Waals surface area (Å²) in [6.45, 7) is 4.02. The Morgan fingerprint density at radius 1 is 1.09 bits per heavy atom. The Balaban J connectivity index is 1.38. The Bertz CT molecular complexity index is 559. The van der Waals surface area contributed by atoms with Gasteiger partial charge in [-0.3, -0.25) is 9.69 Å². The summed E-state index contributed by atoms with van der Waals surface area (Å²) in [5.74, 6) is 0.540. The first-order valence-electron chi connectivity index (χ1n) is 8.50. The molecule has 1 saturated carbocycles. The number of benzene rings is 1. The molecule has 1 aliphatic carbocycles. The van der Waals surface area contributed by atoms with E-state index in [9.17, 15) is 9.18 Å². The second-order valence-corrected chi connectivity index (χ2v) is 6.97. The highest BCUT2D eigenvalue weighted by Gasteiger charge is 2.46. The summed E-state index contributed by atoms with van der Waals surface area (Å²) in [7, 11) is 0. The Kier molecular flexibility index (Phi) is 3.65. The summed E-state index contributed by atoms with van der Waals surface area (Å²) in [6.07, 6.45) is 4.76. The highest BCUT2D eigenvalue weighted by atomic mass is 19.1. The van der Waals surface area contributed by atoms with Crippen LogP contribution in [0, 0.1) is 11.7 Å². The van der Waals surface area contributed by atoms with Crippen molar-refractivity contribution >= 4 is 5.91 Å². The van der Waals surface area contributed by atoms with E-state index in [4.69, 9.17) is 0 Å². The van der Waals surface area contributed by atoms with Gasteiger partial charge in [0.1, 0.15) is 5.82 Å². The van der Waals surface area contributed by atoms with Gasteiger partial charge >= 0.3 is 0 Å². The van der Waals surface area contributed by atoms with Gasteiger partial charge in [-0.25, -0.2) is 4.39 Å². The molecule has 2 aliphatic heterocycles. The predicted molar refractivity (Wildman–Crippen MR) is 83.0 cm³/mol. The van der Waals surface area contributed by atoms with Gasteiger partial charge in [-0.05, 0) is 49.4 Å². The van der Waals surface area contributed by atoms with Gasteiger partial charge in [0.25, 0.3) is 0 Å². The summed E-state index contributed by atoms with van der Waals surface area (Å²) in [4.78, 5) is 17.4. The minimum absolute atomic E-state index is 0.126. The second-order valence-electron chi connectivity index (χ2n) is 6.97. The lowest BCUT2D eigenvalue weighted by Crippen LogP contribution is -2.56. The number of piperazine rings is 1. The zero-order valence-corrected chi connectivity index (χ0v) is 12.9. The predicted octanol–water partition coefficient (Wildman–Crippen LogP) is 2.63. The molecule has 4 heteroatoms. The van der Waals surface area contributed by atoms with E-state index in [-0.39, 0.29) is 11.7 Å². The van der Waals surface area contributed by atoms with Crippen LogP contribution >= 0.6 is 0 Å². The van der Waals surface area contributed by atoms with Crippen molar-refractivity contribution in [2.45, 2.75) is 37.6 Å². The molecule has 1 amide bonds. The zero-order chi connectivity index (χ0) is 15.1. The van der Waals surface area contributed by atoms with Gasteiger partial charge in [-0.1, -0.05) is 18.6 Å². The molecule has 0 bridgehead atoms. The SMILES string of the molecule is O=C([C@@H]1C[C@H]1c1ccc(F)cc1)N1CCN2CCCC[C@@H]2C1. The molecule has 0 spiro atoms. The average Bonchev–Trinajstić information content (AvgIpc) is 3.35. The molecule has 3 nitrogen and oxygen atoms in total. The van der Waals surface area contributed by atoms with Crippen LogP contribution in [0.3, 0.4) is 0 Å². The fourth-order valence-electron chi connectivity index (χ4n) is 4.14. The van der Waals surface area contributed by atoms with E-state index in [2.05, 4.69) is 9.80 Å². The Hall–Kier alpha value is -1.42. The number of hydrogen-bond donors (Lipinski definition) is 0. The van der Waals surface area contributed by atoms with Crippen molar-refractivity contribution in [3.8, 4) is 0 Å². The number of piperidine rings is 1. The Labute approximate surface area is 131 Å². The molecular formula is C18H23FN2O. The quantitative estimate of drug-likeness (QED) is 0.838. The maximum atomic E-state index is 13.0. The number of rotatable bonds is 2. The van der Waals surface area contributed by atoms with Crippen LogP contribution in [-0.4, -0.2) is 47.9 Å². The molecule has 0 radical (unpaired) electrons. The van der Waals surface area contributed by atoms with Gasteiger partial charge < -0.3 is 4.90 Å². The third-order valence-corrected chi connectivity index (χ3v) is 5.55. The van der Waals surface area contributed by atoms with Gasteiger partial charge in [0.15, 0.2) is 0 Å². The van der Waals surface area contributed by atoms with Crippen molar-refractivity contribution in [1.82, 2.24) is 9.80 Å². The number of carbonyl (C=O) groups is 1. The van der Waals surface area contributed by atoms with Gasteiger partial charge in [0.05, 0.1) is 0 Å². The molecule has 118 valence electrons. The van der Waals surface area contributed by atoms with E-state index >= 15 is 0 Å². The van der Waals surface area contributed by atoms with Crippen LogP contribution in [0.2, 0.25) is 0 Å². The van der Waals surface area contributed by atoms with E-state index in [1.54, 1.807) is 0 Å². The van der Waals surface area contributed by atoms with Gasteiger partial charge in [-0.2, -0.15) is 0 Å². The van der Waals surface area contributed by atoms with Crippen molar-refractivity contribution < 1.29 is 9.18 Å². The van der Waals surface area contributed by atoms with E-state index in [1.165, 1.54) is 37.9 Å². The molecule has 3 fully saturated rings. The summed E-state index contributed by atoms with van der Waals surface area (Å²) in [6, 6.07) is 7.22. The van der Waals surface area contributed by atoms with Crippen molar-refractivity contribution in [2.24, 2.45) is 5.92 Å². The minimum atomic E-state index is -0.208. The molecule has 0 N–H and O–H groups in total. The first-order chi connectivity index (χ1) is 10.7. The summed E-state index contributed by atoms with van der Waals surface area (Å²) < 4.78 is 13.0. The summed E-state index contributed by atoms with van der Waals surface area (Å²) in [5, 5.41) is 0. The smallest absolute Gasteiger partial charge is 0.226 e. The number of fused-ring (bicyclic) bond motifs is 1. The zero-order valence-electron chi connectivity index (χ0n) is 12.9. The molecule has 4 rings (SSSR count). The molecule has 1 aromatic rings. The van der Waals surface area contributed by atoms with E-state index < -0.39 is 0 Å². The fraction of sp³-hybridized carbons (Fsp3) is 0.611. The highest BCUT2D eigenvalue weighted by Crippen LogP contribution is 2.48. The van der Waals surface area contributed by atoms with Crippen LogP contribution < -0.4 is 0 Å². The third kappa shape index (κ3) is 2.65. The molecular weight excluding hydrogens is 279 g/mol. The lowest BCUT2D eigenvalue weighted by Gasteiger charge is -2.44. The van der Waals surface area contributed by atoms with E-state index in [0.717, 1.165) is 31.6 Å². The third-order valence-electron chi connectivity index (χ3n) is 5.55. The van der Waals surface area contributed by atoms with Crippen LogP contribution in [0.15, 0.2) is 24.3 Å². The van der Waals surface area contributed by atoms with Crippen LogP contribution in [0.4, 0.5) is 4.39 Å². The standard InChI is InChI=1S/C18H23FN2O/c19-14-6-4-13(5-7-14)16-11-17(16)18(22)21-10-9-20-8-2-1-3-15(20)12-21/h4-7,15-17H,1-3,8-12H2/t15-,16+,17-/m1/s1. The molecule has 3 atom stereocenters. The highest BCUT2D eigenvalue weighted by molar-refractivity contribution is 5.83. The van der Waals surface area contributed by atoms with Crippen LogP contribution in [0.25, 0.3) is 0 Å². The Morgan fingerprint density at radius 2 is 1.91 bits per heavy atom. The number of hydrogen-bond acceptors (Lipinski definition) is 2. The minimum Gasteiger partial charge on any atom is -0.340 e. The topological polar surface area (TPSA) is 23.6 Å². The first kappa shape index (κ1) is 14.2. The first-order valence-corrected chi connectivity index (χ1v) is 8.50. The number of amides is 1. The van der Waals surface area contributed by atoms with Crippen molar-refractivity contribution in [3.63, 3.8) is 0 Å². The van der Waals surface area contributed by atoms with Gasteiger partial charge in [0, 0.05) is 31.6 Å². The summed E-state index contributed by atoms with van der Waals surface area (Å²) in [5.41, 5.74) is 1.11. The molecule has 0 aromatic heterocycles. The number of carbonyl (C=O) groups excluding carboxylic acids is 1. The lowest BCUT2D eigenvalue weighted by molar-refractivity contribution is -0.136. The fourth-order valence-corrected chi connectivity index (χ4v) is 4.14. The molecule has 2 heterocycles. The lowest BCUT2D eigenvalue weighted by atomic mass is 9.99. The van der Waals surface area contributed by atoms with E-state index in [0.29, 0.717) is 17.9 Å². The molecule has 0 unspecified atom stereocenters. The molecule has 22 heavy (non-hydrogen) atoms. The molecule has 2 saturated heterocycles. The van der Waals surface area contributed by atoms with Crippen molar-refractivity contribution in [1.29, 1.82) is 0 Å². The average molecular weight is 302 g/mol. The summed E-state index contributed by atoms with van der Waals surface area (Å²) >= 11 is 0. The number of halogens is 1. The second kappa shape index (κ2) is 5.65. The van der Waals surface area contributed by atoms with Crippen LogP contribution in [-0.2, 0) is 4.79 Å². The maximum Gasteiger partial charge on any atom is 0.226 e. The monoisotopic (exact) mass is 302 g/mol. The molecule has 1 aromatic carbocycles. The van der Waals surface area contributed by atoms with Gasteiger partial charge in [-0.15, -0.1) is 0 Å². The maximum absolute atomic E-state index is 13.0. The van der Waals surface area contributed by atoms with Crippen molar-refractivity contribution in [3.05, 3.63) is 35.6 Å². The van der Waals surface area contributed by atoms with Crippen LogP contribution in [0.1, 0.15) is 37.2 Å². The molecule has 3 aliphatic rings. The van der Waals surface area contributed by atoms with Crippen LogP contribution in [0.5, 0.6) is 0 Å². The van der Waals surface area contributed by atoms with Crippen molar-refractivity contribution in [2.75, 3.05) is 26.2 Å².